The first-order valence-corrected chi connectivity index (χ1v) is 20.7. The molecule has 0 aromatic carbocycles. The fraction of sp³-hybridized carbons (Fsp3) is 0.556. The van der Waals surface area contributed by atoms with E-state index in [-0.39, 0.29) is 0 Å². The van der Waals surface area contributed by atoms with Crippen LogP contribution in [0.2, 0.25) is 0 Å². The second-order valence-electron chi connectivity index (χ2n) is 12.3. The first-order valence-electron chi connectivity index (χ1n) is 17.4. The Morgan fingerprint density at radius 1 is 0.333 bits per heavy atom. The number of thiophene rings is 4. The second-order valence-corrected chi connectivity index (χ2v) is 16.5. The van der Waals surface area contributed by atoms with Gasteiger partial charge in [0, 0.05) is 0 Å². The van der Waals surface area contributed by atoms with Crippen LogP contribution in [0.5, 0.6) is 46.0 Å². The van der Waals surface area contributed by atoms with E-state index >= 15 is 0 Å². The Morgan fingerprint density at radius 2 is 0.604 bits per heavy atom. The van der Waals surface area contributed by atoms with Gasteiger partial charge in [0.1, 0.15) is 52.9 Å². The quantitative estimate of drug-likeness (QED) is 0.126. The summed E-state index contributed by atoms with van der Waals surface area (Å²) in [4.78, 5) is 8.63. The first kappa shape index (κ1) is 32.4. The van der Waals surface area contributed by atoms with E-state index in [9.17, 15) is 0 Å². The van der Waals surface area contributed by atoms with Crippen LogP contribution >= 0.6 is 45.3 Å². The number of unbranched alkanes of at least 4 members (excludes halogenated alkanes) is 6. The monoisotopic (exact) mass is 730 g/mol. The van der Waals surface area contributed by atoms with Gasteiger partial charge in [-0.15, -0.1) is 45.3 Å². The summed E-state index contributed by atoms with van der Waals surface area (Å²) in [6.07, 6.45) is 11.6. The van der Waals surface area contributed by atoms with Gasteiger partial charge in [0.15, 0.2) is 46.0 Å². The highest BCUT2D eigenvalue weighted by atomic mass is 32.1. The zero-order chi connectivity index (χ0) is 32.5. The molecule has 0 amide bonds. The predicted molar refractivity (Wildman–Crippen MR) is 194 cm³/mol. The summed E-state index contributed by atoms with van der Waals surface area (Å²) in [7, 11) is 0. The molecule has 258 valence electrons. The lowest BCUT2D eigenvalue weighted by Crippen LogP contribution is -2.16. The van der Waals surface area contributed by atoms with E-state index in [2.05, 4.69) is 13.8 Å². The SMILES string of the molecule is CCCCCCc1sc(-c2sc(-c3sc(-c4sc(CCCCCC)c5c4OCCO5)c4c3OCCO4)c3c2OCCO3)c2c1OCCO2. The molecule has 12 heteroatoms. The van der Waals surface area contributed by atoms with Gasteiger partial charge in [-0.05, 0) is 25.7 Å². The molecule has 0 radical (unpaired) electrons. The summed E-state index contributed by atoms with van der Waals surface area (Å²) in [6, 6.07) is 0. The Hall–Kier alpha value is -2.80. The van der Waals surface area contributed by atoms with E-state index in [1.807, 2.05) is 0 Å². The molecule has 8 nitrogen and oxygen atoms in total. The van der Waals surface area contributed by atoms with Gasteiger partial charge in [0.25, 0.3) is 0 Å². The lowest BCUT2D eigenvalue weighted by molar-refractivity contribution is 0.170. The van der Waals surface area contributed by atoms with Crippen molar-refractivity contribution in [3.8, 4) is 75.3 Å². The summed E-state index contributed by atoms with van der Waals surface area (Å²) in [6.45, 7) is 8.68. The van der Waals surface area contributed by atoms with E-state index in [1.54, 1.807) is 45.3 Å². The molecule has 48 heavy (non-hydrogen) atoms. The zero-order valence-electron chi connectivity index (χ0n) is 27.6. The standard InChI is InChI=1S/C36H42O8S4/c1-3-5-7-9-11-21-23-25(39-15-13-37-23)31(45-21)33-27-29(43-19-17-41-27)35(47-33)36-30-28(42-18-20-44-30)34(48-36)32-26-24(38-14-16-40-26)22(46-32)12-10-8-6-4-2/h3-20H2,1-2H3. The lowest BCUT2D eigenvalue weighted by atomic mass is 10.1. The molecule has 0 atom stereocenters. The summed E-state index contributed by atoms with van der Waals surface area (Å²) in [5.74, 6) is 6.56. The molecule has 0 fully saturated rings. The average Bonchev–Trinajstić information content (AvgIpc) is 3.89. The van der Waals surface area contributed by atoms with Crippen LogP contribution < -0.4 is 37.9 Å². The highest BCUT2D eigenvalue weighted by Crippen LogP contribution is 2.65. The lowest BCUT2D eigenvalue weighted by Gasteiger charge is -2.19. The Labute approximate surface area is 297 Å². The van der Waals surface area contributed by atoms with Crippen LogP contribution in [-0.4, -0.2) is 52.9 Å². The minimum absolute atomic E-state index is 0.490. The summed E-state index contributed by atoms with van der Waals surface area (Å²) >= 11 is 6.90. The van der Waals surface area contributed by atoms with Gasteiger partial charge in [0.05, 0.1) is 39.0 Å². The largest absolute Gasteiger partial charge is 0.485 e. The fourth-order valence-electron chi connectivity index (χ4n) is 6.57. The maximum Gasteiger partial charge on any atom is 0.181 e. The minimum atomic E-state index is 0.490. The third kappa shape index (κ3) is 6.00. The van der Waals surface area contributed by atoms with E-state index < -0.39 is 0 Å². The van der Waals surface area contributed by atoms with Crippen molar-refractivity contribution < 1.29 is 37.9 Å². The highest BCUT2D eigenvalue weighted by molar-refractivity contribution is 7.29. The van der Waals surface area contributed by atoms with Crippen LogP contribution in [0.25, 0.3) is 29.3 Å². The van der Waals surface area contributed by atoms with Crippen molar-refractivity contribution in [2.24, 2.45) is 0 Å². The minimum Gasteiger partial charge on any atom is -0.485 e. The Morgan fingerprint density at radius 3 is 0.917 bits per heavy atom. The number of hydrogen-bond donors (Lipinski definition) is 0. The molecule has 8 rings (SSSR count). The van der Waals surface area contributed by atoms with Gasteiger partial charge < -0.3 is 37.9 Å². The molecule has 4 aromatic heterocycles. The van der Waals surface area contributed by atoms with Crippen LogP contribution in [0.1, 0.15) is 75.0 Å². The van der Waals surface area contributed by atoms with Crippen molar-refractivity contribution in [3.63, 3.8) is 0 Å². The number of fused-ring (bicyclic) bond motifs is 4. The molecule has 4 aliphatic heterocycles. The normalized spacial score (nSPS) is 16.0. The molecule has 0 unspecified atom stereocenters. The number of hydrogen-bond acceptors (Lipinski definition) is 12. The van der Waals surface area contributed by atoms with Gasteiger partial charge in [-0.1, -0.05) is 52.4 Å². The molecule has 8 heterocycles. The number of rotatable bonds is 13. The molecular formula is C36H42O8S4. The van der Waals surface area contributed by atoms with Crippen LogP contribution in [-0.2, 0) is 12.8 Å². The first-order chi connectivity index (χ1) is 23.8. The van der Waals surface area contributed by atoms with Crippen LogP contribution in [0.15, 0.2) is 0 Å². The van der Waals surface area contributed by atoms with E-state index in [4.69, 9.17) is 37.9 Å². The van der Waals surface area contributed by atoms with Gasteiger partial charge in [0.2, 0.25) is 0 Å². The predicted octanol–water partition coefficient (Wildman–Crippen LogP) is 10.3. The van der Waals surface area contributed by atoms with Crippen LogP contribution in [0.4, 0.5) is 0 Å². The van der Waals surface area contributed by atoms with Crippen molar-refractivity contribution in [1.82, 2.24) is 0 Å². The molecule has 4 aliphatic rings. The Kier molecular flexibility index (Phi) is 9.85. The fourth-order valence-corrected chi connectivity index (χ4v) is 11.8. The van der Waals surface area contributed by atoms with E-state index in [0.717, 1.165) is 101 Å². The zero-order valence-corrected chi connectivity index (χ0v) is 30.9. The summed E-state index contributed by atoms with van der Waals surface area (Å²) in [5, 5.41) is 0. The number of ether oxygens (including phenoxy) is 8. The molecule has 0 bridgehead atoms. The molecule has 4 aromatic rings. The summed E-state index contributed by atoms with van der Waals surface area (Å²) in [5.41, 5.74) is 0. The van der Waals surface area contributed by atoms with E-state index in [1.165, 1.54) is 48.3 Å². The third-order valence-corrected chi connectivity index (χ3v) is 14.1. The smallest absolute Gasteiger partial charge is 0.181 e. The van der Waals surface area contributed by atoms with Crippen molar-refractivity contribution in [3.05, 3.63) is 9.75 Å². The highest BCUT2D eigenvalue weighted by Gasteiger charge is 2.38. The van der Waals surface area contributed by atoms with Gasteiger partial charge in [-0.25, -0.2) is 0 Å². The van der Waals surface area contributed by atoms with Crippen molar-refractivity contribution >= 4 is 45.3 Å². The molecule has 0 saturated heterocycles. The molecular weight excluding hydrogens is 689 g/mol. The number of aryl methyl sites for hydroxylation is 2. The summed E-state index contributed by atoms with van der Waals surface area (Å²) < 4.78 is 50.6. The topological polar surface area (TPSA) is 73.8 Å². The molecule has 0 aliphatic carbocycles. The molecule has 0 spiro atoms. The van der Waals surface area contributed by atoms with Crippen LogP contribution in [0, 0.1) is 0 Å². The van der Waals surface area contributed by atoms with Gasteiger partial charge >= 0.3 is 0 Å². The Bertz CT molecular complexity index is 1620. The Balaban J connectivity index is 1.21. The van der Waals surface area contributed by atoms with Crippen molar-refractivity contribution in [2.45, 2.75) is 78.1 Å². The van der Waals surface area contributed by atoms with Gasteiger partial charge in [-0.3, -0.25) is 0 Å². The van der Waals surface area contributed by atoms with Crippen molar-refractivity contribution in [2.75, 3.05) is 52.9 Å². The van der Waals surface area contributed by atoms with Crippen molar-refractivity contribution in [1.29, 1.82) is 0 Å². The third-order valence-electron chi connectivity index (χ3n) is 8.87. The van der Waals surface area contributed by atoms with E-state index in [0.29, 0.717) is 52.9 Å². The maximum atomic E-state index is 6.40. The second kappa shape index (κ2) is 14.6. The van der Waals surface area contributed by atoms with Gasteiger partial charge in [-0.2, -0.15) is 0 Å². The molecule has 0 saturated carbocycles. The van der Waals surface area contributed by atoms with Crippen LogP contribution in [0.3, 0.4) is 0 Å². The maximum absolute atomic E-state index is 6.40. The molecule has 0 N–H and O–H groups in total. The average molecular weight is 731 g/mol.